The summed E-state index contributed by atoms with van der Waals surface area (Å²) in [5.41, 5.74) is 5.73. The zero-order chi connectivity index (χ0) is 23.8. The summed E-state index contributed by atoms with van der Waals surface area (Å²) in [7, 11) is 0. The Morgan fingerprint density at radius 3 is 2.58 bits per heavy atom. The summed E-state index contributed by atoms with van der Waals surface area (Å²) in [6.07, 6.45) is 4.92. The molecule has 0 aromatic heterocycles. The molecule has 0 saturated carbocycles. The number of halogens is 1. The maximum atomic E-state index is 13.6. The second kappa shape index (κ2) is 11.6. The van der Waals surface area contributed by atoms with Gasteiger partial charge < -0.3 is 10.2 Å². The van der Waals surface area contributed by atoms with Gasteiger partial charge in [0, 0.05) is 48.6 Å². The van der Waals surface area contributed by atoms with E-state index in [0.29, 0.717) is 12.2 Å². The first kappa shape index (κ1) is 24.4. The number of amides is 1. The van der Waals surface area contributed by atoms with Gasteiger partial charge in [-0.1, -0.05) is 48.9 Å². The van der Waals surface area contributed by atoms with Crippen LogP contribution in [0.1, 0.15) is 52.5 Å². The number of allylic oxidation sites excluding steroid dienone is 3. The fourth-order valence-electron chi connectivity index (χ4n) is 4.16. The van der Waals surface area contributed by atoms with Crippen molar-refractivity contribution in [3.8, 4) is 0 Å². The number of carbonyl (C=O) groups is 1. The van der Waals surface area contributed by atoms with Gasteiger partial charge in [0.2, 0.25) is 5.91 Å². The highest BCUT2D eigenvalue weighted by molar-refractivity contribution is 6.09. The standard InChI is InChI=1S/C28H34FN3O/c1-5-20(2)28(24-13-10-16-32(19-24)22(4)33)31-27(23-11-7-6-8-12-23)17-21(3)30-26-15-9-14-25(29)18-26/h6-9,11-12,14-15,17-18,24,30H,5,10,13,16,19H2,1-4H3/b21-17+,28-20+,31-27-. The first-order chi connectivity index (χ1) is 15.9. The largest absolute Gasteiger partial charge is 0.359 e. The van der Waals surface area contributed by atoms with Crippen LogP contribution in [0.25, 0.3) is 0 Å². The number of benzene rings is 2. The number of piperidine rings is 1. The number of anilines is 1. The number of hydrogen-bond acceptors (Lipinski definition) is 3. The Morgan fingerprint density at radius 1 is 1.15 bits per heavy atom. The minimum absolute atomic E-state index is 0.121. The van der Waals surface area contributed by atoms with Gasteiger partial charge in [0.15, 0.2) is 0 Å². The number of rotatable bonds is 7. The van der Waals surface area contributed by atoms with Crippen LogP contribution in [0.15, 0.2) is 82.6 Å². The summed E-state index contributed by atoms with van der Waals surface area (Å²) < 4.78 is 13.6. The number of likely N-dealkylation sites (tertiary alicyclic amines) is 1. The second-order valence-corrected chi connectivity index (χ2v) is 8.65. The van der Waals surface area contributed by atoms with Crippen LogP contribution < -0.4 is 5.32 Å². The molecule has 0 aliphatic carbocycles. The summed E-state index contributed by atoms with van der Waals surface area (Å²) >= 11 is 0. The molecule has 33 heavy (non-hydrogen) atoms. The quantitative estimate of drug-likeness (QED) is 0.488. The predicted octanol–water partition coefficient (Wildman–Crippen LogP) is 6.57. The summed E-state index contributed by atoms with van der Waals surface area (Å²) in [5.74, 6) is 0.0579. The van der Waals surface area contributed by atoms with Crippen molar-refractivity contribution in [3.05, 3.63) is 89.0 Å². The molecular weight excluding hydrogens is 413 g/mol. The Kier molecular flexibility index (Phi) is 8.58. The molecule has 0 spiro atoms. The molecule has 1 heterocycles. The summed E-state index contributed by atoms with van der Waals surface area (Å²) in [5, 5.41) is 3.27. The van der Waals surface area contributed by atoms with E-state index in [2.05, 4.69) is 19.2 Å². The molecule has 3 rings (SSSR count). The van der Waals surface area contributed by atoms with Crippen molar-refractivity contribution in [2.75, 3.05) is 18.4 Å². The second-order valence-electron chi connectivity index (χ2n) is 8.65. The van der Waals surface area contributed by atoms with E-state index in [1.807, 2.05) is 54.3 Å². The van der Waals surface area contributed by atoms with Crippen molar-refractivity contribution in [2.24, 2.45) is 10.9 Å². The molecule has 2 aromatic rings. The molecular formula is C28H34FN3O. The summed E-state index contributed by atoms with van der Waals surface area (Å²) in [4.78, 5) is 19.2. The normalized spacial score (nSPS) is 18.1. The lowest BCUT2D eigenvalue weighted by atomic mass is 9.91. The Hall–Kier alpha value is -3.21. The first-order valence-electron chi connectivity index (χ1n) is 11.7. The van der Waals surface area contributed by atoms with E-state index >= 15 is 0 Å². The van der Waals surface area contributed by atoms with Crippen molar-refractivity contribution in [2.45, 2.75) is 47.0 Å². The lowest BCUT2D eigenvalue weighted by molar-refractivity contribution is -0.130. The Morgan fingerprint density at radius 2 is 1.91 bits per heavy atom. The Labute approximate surface area is 196 Å². The Bertz CT molecular complexity index is 1060. The van der Waals surface area contributed by atoms with Crippen LogP contribution >= 0.6 is 0 Å². The van der Waals surface area contributed by atoms with Crippen molar-refractivity contribution in [1.29, 1.82) is 0 Å². The van der Waals surface area contributed by atoms with E-state index in [1.54, 1.807) is 13.0 Å². The summed E-state index contributed by atoms with van der Waals surface area (Å²) in [6.45, 7) is 9.40. The molecule has 1 saturated heterocycles. The van der Waals surface area contributed by atoms with E-state index in [9.17, 15) is 9.18 Å². The van der Waals surface area contributed by atoms with E-state index in [-0.39, 0.29) is 17.6 Å². The zero-order valence-electron chi connectivity index (χ0n) is 20.1. The Balaban J connectivity index is 2.00. The van der Waals surface area contributed by atoms with Crippen LogP contribution in [-0.4, -0.2) is 29.6 Å². The molecule has 1 unspecified atom stereocenters. The van der Waals surface area contributed by atoms with Crippen LogP contribution in [-0.2, 0) is 4.79 Å². The highest BCUT2D eigenvalue weighted by Crippen LogP contribution is 2.29. The van der Waals surface area contributed by atoms with Gasteiger partial charge in [0.1, 0.15) is 5.82 Å². The molecule has 1 atom stereocenters. The molecule has 1 aliphatic heterocycles. The van der Waals surface area contributed by atoms with E-state index in [4.69, 9.17) is 4.99 Å². The van der Waals surface area contributed by atoms with Gasteiger partial charge in [-0.15, -0.1) is 0 Å². The lowest BCUT2D eigenvalue weighted by Crippen LogP contribution is -2.39. The fraction of sp³-hybridized carbons (Fsp3) is 0.357. The molecule has 1 N–H and O–H groups in total. The average Bonchev–Trinajstić information content (AvgIpc) is 2.81. The fourth-order valence-corrected chi connectivity index (χ4v) is 4.16. The lowest BCUT2D eigenvalue weighted by Gasteiger charge is -2.33. The molecule has 0 radical (unpaired) electrons. The monoisotopic (exact) mass is 447 g/mol. The minimum Gasteiger partial charge on any atom is -0.359 e. The third-order valence-electron chi connectivity index (χ3n) is 6.05. The van der Waals surface area contributed by atoms with Crippen LogP contribution in [0.4, 0.5) is 10.1 Å². The third kappa shape index (κ3) is 6.88. The number of nitrogens with zero attached hydrogens (tertiary/aromatic N) is 2. The topological polar surface area (TPSA) is 44.7 Å². The number of nitrogens with one attached hydrogen (secondary N) is 1. The minimum atomic E-state index is -0.277. The summed E-state index contributed by atoms with van der Waals surface area (Å²) in [6, 6.07) is 16.5. The SMILES string of the molecule is CC/C(C)=C(/N=C(/C=C(\C)Nc1cccc(F)c1)c1ccccc1)C1CCCN(C(C)=O)C1. The van der Waals surface area contributed by atoms with Crippen molar-refractivity contribution in [3.63, 3.8) is 0 Å². The van der Waals surface area contributed by atoms with E-state index < -0.39 is 0 Å². The third-order valence-corrected chi connectivity index (χ3v) is 6.05. The molecule has 174 valence electrons. The highest BCUT2D eigenvalue weighted by Gasteiger charge is 2.25. The highest BCUT2D eigenvalue weighted by atomic mass is 19.1. The first-order valence-corrected chi connectivity index (χ1v) is 11.7. The van der Waals surface area contributed by atoms with Crippen LogP contribution in [0.5, 0.6) is 0 Å². The smallest absolute Gasteiger partial charge is 0.219 e. The zero-order valence-corrected chi connectivity index (χ0v) is 20.1. The average molecular weight is 448 g/mol. The van der Waals surface area contributed by atoms with Crippen LogP contribution in [0.2, 0.25) is 0 Å². The van der Waals surface area contributed by atoms with Gasteiger partial charge in [0.05, 0.1) is 5.71 Å². The van der Waals surface area contributed by atoms with Crippen molar-refractivity contribution >= 4 is 17.3 Å². The van der Waals surface area contributed by atoms with Gasteiger partial charge in [-0.25, -0.2) is 4.39 Å². The number of carbonyl (C=O) groups excluding carboxylic acids is 1. The number of hydrogen-bond donors (Lipinski definition) is 1. The molecule has 5 heteroatoms. The molecule has 2 aromatic carbocycles. The molecule has 0 bridgehead atoms. The molecule has 4 nitrogen and oxygen atoms in total. The van der Waals surface area contributed by atoms with Gasteiger partial charge >= 0.3 is 0 Å². The molecule has 1 amide bonds. The molecule has 1 fully saturated rings. The maximum absolute atomic E-state index is 13.6. The van der Waals surface area contributed by atoms with Crippen molar-refractivity contribution < 1.29 is 9.18 Å². The van der Waals surface area contributed by atoms with Gasteiger partial charge in [-0.05, 0) is 57.4 Å². The van der Waals surface area contributed by atoms with Crippen LogP contribution in [0.3, 0.4) is 0 Å². The van der Waals surface area contributed by atoms with Gasteiger partial charge in [-0.2, -0.15) is 0 Å². The van der Waals surface area contributed by atoms with E-state index in [1.165, 1.54) is 17.7 Å². The van der Waals surface area contributed by atoms with Crippen molar-refractivity contribution in [1.82, 2.24) is 4.90 Å². The predicted molar refractivity (Wildman–Crippen MR) is 135 cm³/mol. The van der Waals surface area contributed by atoms with Crippen LogP contribution in [0, 0.1) is 11.7 Å². The maximum Gasteiger partial charge on any atom is 0.219 e. The molecule has 1 aliphatic rings. The van der Waals surface area contributed by atoms with Gasteiger partial charge in [0.25, 0.3) is 0 Å². The van der Waals surface area contributed by atoms with Gasteiger partial charge in [-0.3, -0.25) is 9.79 Å². The number of aliphatic imine (C=N–C) groups is 1. The van der Waals surface area contributed by atoms with E-state index in [0.717, 1.165) is 48.5 Å².